The van der Waals surface area contributed by atoms with Gasteiger partial charge in [-0.15, -0.1) is 0 Å². The van der Waals surface area contributed by atoms with Gasteiger partial charge < -0.3 is 10.2 Å². The molecule has 0 amide bonds. The highest BCUT2D eigenvalue weighted by molar-refractivity contribution is 4.97. The van der Waals surface area contributed by atoms with E-state index in [4.69, 9.17) is 0 Å². The van der Waals surface area contributed by atoms with Crippen molar-refractivity contribution in [2.45, 2.75) is 44.1 Å². The van der Waals surface area contributed by atoms with E-state index in [1.165, 1.54) is 51.6 Å². The van der Waals surface area contributed by atoms with Gasteiger partial charge in [0.15, 0.2) is 0 Å². The molecule has 2 heteroatoms. The molecule has 0 atom stereocenters. The molecular weight excluding hydrogens is 172 g/mol. The standard InChI is InChI=1S/C12H24N2/c1-14(2)12(7-4-8-12)10-13-9-11-5-3-6-11/h11,13H,3-10H2,1-2H3. The zero-order valence-corrected chi connectivity index (χ0v) is 9.68. The second-order valence-corrected chi connectivity index (χ2v) is 5.40. The molecule has 2 rings (SSSR count). The summed E-state index contributed by atoms with van der Waals surface area (Å²) < 4.78 is 0. The minimum Gasteiger partial charge on any atom is -0.315 e. The number of nitrogens with one attached hydrogen (secondary N) is 1. The predicted molar refractivity (Wildman–Crippen MR) is 60.5 cm³/mol. The van der Waals surface area contributed by atoms with E-state index >= 15 is 0 Å². The van der Waals surface area contributed by atoms with E-state index in [0.717, 1.165) is 5.92 Å². The zero-order chi connectivity index (χ0) is 10.0. The Morgan fingerprint density at radius 2 is 1.93 bits per heavy atom. The molecule has 0 radical (unpaired) electrons. The molecule has 1 N–H and O–H groups in total. The smallest absolute Gasteiger partial charge is 0.0327 e. The first-order valence-corrected chi connectivity index (χ1v) is 6.11. The summed E-state index contributed by atoms with van der Waals surface area (Å²) >= 11 is 0. The first-order valence-electron chi connectivity index (χ1n) is 6.11. The molecule has 0 aliphatic heterocycles. The van der Waals surface area contributed by atoms with Gasteiger partial charge in [0, 0.05) is 12.1 Å². The predicted octanol–water partition coefficient (Wildman–Crippen LogP) is 1.86. The fourth-order valence-electron chi connectivity index (χ4n) is 2.57. The Balaban J connectivity index is 1.67. The van der Waals surface area contributed by atoms with Gasteiger partial charge in [-0.3, -0.25) is 0 Å². The number of rotatable bonds is 5. The lowest BCUT2D eigenvalue weighted by Crippen LogP contribution is -2.56. The van der Waals surface area contributed by atoms with Gasteiger partial charge in [0.05, 0.1) is 0 Å². The molecular formula is C12H24N2. The molecule has 2 saturated carbocycles. The number of hydrogen-bond acceptors (Lipinski definition) is 2. The quantitative estimate of drug-likeness (QED) is 0.722. The molecule has 82 valence electrons. The normalized spacial score (nSPS) is 25.9. The summed E-state index contributed by atoms with van der Waals surface area (Å²) in [6.07, 6.45) is 8.58. The summed E-state index contributed by atoms with van der Waals surface area (Å²) in [6, 6.07) is 0. The van der Waals surface area contributed by atoms with E-state index in [1.807, 2.05) is 0 Å². The van der Waals surface area contributed by atoms with Gasteiger partial charge in [0.1, 0.15) is 0 Å². The molecule has 0 heterocycles. The van der Waals surface area contributed by atoms with E-state index in [1.54, 1.807) is 0 Å². The monoisotopic (exact) mass is 196 g/mol. The molecule has 0 spiro atoms. The van der Waals surface area contributed by atoms with E-state index in [9.17, 15) is 0 Å². The topological polar surface area (TPSA) is 15.3 Å². The lowest BCUT2D eigenvalue weighted by atomic mass is 9.75. The van der Waals surface area contributed by atoms with Crippen LogP contribution in [-0.4, -0.2) is 37.6 Å². The van der Waals surface area contributed by atoms with Crippen LogP contribution in [0.15, 0.2) is 0 Å². The molecule has 0 aromatic rings. The summed E-state index contributed by atoms with van der Waals surface area (Å²) in [6.45, 7) is 2.46. The lowest BCUT2D eigenvalue weighted by molar-refractivity contribution is 0.0580. The zero-order valence-electron chi connectivity index (χ0n) is 9.68. The maximum Gasteiger partial charge on any atom is 0.0327 e. The van der Waals surface area contributed by atoms with Crippen LogP contribution in [0.5, 0.6) is 0 Å². The van der Waals surface area contributed by atoms with Crippen LogP contribution in [0, 0.1) is 5.92 Å². The summed E-state index contributed by atoms with van der Waals surface area (Å²) in [4.78, 5) is 2.42. The third-order valence-electron chi connectivity index (χ3n) is 4.34. The van der Waals surface area contributed by atoms with Gasteiger partial charge in [0.25, 0.3) is 0 Å². The molecule has 2 aliphatic carbocycles. The van der Waals surface area contributed by atoms with Crippen molar-refractivity contribution in [3.63, 3.8) is 0 Å². The van der Waals surface area contributed by atoms with E-state index in [0.29, 0.717) is 5.54 Å². The molecule has 2 fully saturated rings. The Kier molecular flexibility index (Phi) is 3.13. The van der Waals surface area contributed by atoms with Crippen LogP contribution >= 0.6 is 0 Å². The Labute approximate surface area is 88.1 Å². The van der Waals surface area contributed by atoms with E-state index in [2.05, 4.69) is 24.3 Å². The summed E-state index contributed by atoms with van der Waals surface area (Å²) in [5, 5.41) is 3.67. The van der Waals surface area contributed by atoms with Gasteiger partial charge in [-0.1, -0.05) is 6.42 Å². The minimum absolute atomic E-state index is 0.504. The van der Waals surface area contributed by atoms with Crippen LogP contribution in [0.25, 0.3) is 0 Å². The van der Waals surface area contributed by atoms with Gasteiger partial charge in [-0.2, -0.15) is 0 Å². The second kappa shape index (κ2) is 4.19. The van der Waals surface area contributed by atoms with Crippen molar-refractivity contribution in [1.82, 2.24) is 10.2 Å². The number of hydrogen-bond donors (Lipinski definition) is 1. The highest BCUT2D eigenvalue weighted by Crippen LogP contribution is 2.35. The fraction of sp³-hybridized carbons (Fsp3) is 1.00. The van der Waals surface area contributed by atoms with Gasteiger partial charge in [0.2, 0.25) is 0 Å². The van der Waals surface area contributed by atoms with Crippen molar-refractivity contribution >= 4 is 0 Å². The maximum absolute atomic E-state index is 3.67. The first-order chi connectivity index (χ1) is 6.73. The SMILES string of the molecule is CN(C)C1(CNCC2CCC2)CCC1. The third-order valence-corrected chi connectivity index (χ3v) is 4.34. The average molecular weight is 196 g/mol. The van der Waals surface area contributed by atoms with Crippen molar-refractivity contribution in [3.05, 3.63) is 0 Å². The van der Waals surface area contributed by atoms with Crippen molar-refractivity contribution in [3.8, 4) is 0 Å². The van der Waals surface area contributed by atoms with Crippen LogP contribution in [0.2, 0.25) is 0 Å². The largest absolute Gasteiger partial charge is 0.315 e. The van der Waals surface area contributed by atoms with Crippen LogP contribution in [0.1, 0.15) is 38.5 Å². The number of nitrogens with zero attached hydrogens (tertiary/aromatic N) is 1. The molecule has 0 bridgehead atoms. The number of likely N-dealkylation sites (N-methyl/N-ethyl adjacent to an activating group) is 1. The molecule has 2 nitrogen and oxygen atoms in total. The second-order valence-electron chi connectivity index (χ2n) is 5.40. The third kappa shape index (κ3) is 1.96. The highest BCUT2D eigenvalue weighted by Gasteiger charge is 2.38. The van der Waals surface area contributed by atoms with E-state index in [-0.39, 0.29) is 0 Å². The molecule has 0 aromatic heterocycles. The highest BCUT2D eigenvalue weighted by atomic mass is 15.2. The Hall–Kier alpha value is -0.0800. The van der Waals surface area contributed by atoms with Gasteiger partial charge in [-0.25, -0.2) is 0 Å². The molecule has 0 saturated heterocycles. The Morgan fingerprint density at radius 1 is 1.21 bits per heavy atom. The molecule has 0 aromatic carbocycles. The Bertz CT molecular complexity index is 181. The van der Waals surface area contributed by atoms with Gasteiger partial charge >= 0.3 is 0 Å². The summed E-state index contributed by atoms with van der Waals surface area (Å²) in [5.41, 5.74) is 0.504. The summed E-state index contributed by atoms with van der Waals surface area (Å²) in [5.74, 6) is 0.995. The van der Waals surface area contributed by atoms with Crippen molar-refractivity contribution in [2.24, 2.45) is 5.92 Å². The molecule has 2 aliphatic rings. The van der Waals surface area contributed by atoms with Crippen LogP contribution in [0.3, 0.4) is 0 Å². The maximum atomic E-state index is 3.67. The minimum atomic E-state index is 0.504. The van der Waals surface area contributed by atoms with Crippen molar-refractivity contribution in [1.29, 1.82) is 0 Å². The Morgan fingerprint density at radius 3 is 2.29 bits per heavy atom. The lowest BCUT2D eigenvalue weighted by Gasteiger charge is -2.48. The van der Waals surface area contributed by atoms with Crippen LogP contribution in [0.4, 0.5) is 0 Å². The molecule has 14 heavy (non-hydrogen) atoms. The fourth-order valence-corrected chi connectivity index (χ4v) is 2.57. The first kappa shape index (κ1) is 10.4. The average Bonchev–Trinajstić information content (AvgIpc) is 1.97. The van der Waals surface area contributed by atoms with Crippen molar-refractivity contribution < 1.29 is 0 Å². The van der Waals surface area contributed by atoms with Crippen molar-refractivity contribution in [2.75, 3.05) is 27.2 Å². The molecule has 0 unspecified atom stereocenters. The van der Waals surface area contributed by atoms with Gasteiger partial charge in [-0.05, 0) is 58.7 Å². The van der Waals surface area contributed by atoms with E-state index < -0.39 is 0 Å². The summed E-state index contributed by atoms with van der Waals surface area (Å²) in [7, 11) is 4.45. The van der Waals surface area contributed by atoms with Crippen LogP contribution < -0.4 is 5.32 Å². The van der Waals surface area contributed by atoms with Crippen LogP contribution in [-0.2, 0) is 0 Å².